The van der Waals surface area contributed by atoms with Crippen LogP contribution < -0.4 is 16.0 Å². The third-order valence-corrected chi connectivity index (χ3v) is 4.23. The van der Waals surface area contributed by atoms with E-state index in [9.17, 15) is 4.79 Å². The highest BCUT2D eigenvalue weighted by molar-refractivity contribution is 5.88. The Labute approximate surface area is 124 Å². The molecular weight excluding hydrogens is 264 g/mol. The molecule has 4 nitrogen and oxygen atoms in total. The molecule has 2 aromatic carbocycles. The molecule has 0 spiro atoms. The molecule has 1 fully saturated rings. The Morgan fingerprint density at radius 1 is 1.05 bits per heavy atom. The van der Waals surface area contributed by atoms with E-state index in [2.05, 4.69) is 23.6 Å². The zero-order chi connectivity index (χ0) is 14.7. The fourth-order valence-electron chi connectivity index (χ4n) is 3.04. The first-order chi connectivity index (χ1) is 10.3. The van der Waals surface area contributed by atoms with Gasteiger partial charge in [0.2, 0.25) is 5.91 Å². The van der Waals surface area contributed by atoms with Gasteiger partial charge < -0.3 is 4.74 Å². The van der Waals surface area contributed by atoms with Crippen LogP contribution in [-0.4, -0.2) is 12.0 Å². The lowest BCUT2D eigenvalue weighted by molar-refractivity contribution is -0.126. The molecule has 0 aromatic heterocycles. The molecule has 3 rings (SSSR count). The highest BCUT2D eigenvalue weighted by atomic mass is 16.5. The predicted octanol–water partition coefficient (Wildman–Crippen LogP) is 2.77. The molecule has 3 N–H and O–H groups in total. The standard InChI is InChI=1S/C17H20N2O2/c18-19-17(20)13-8-10-14(11-9-13)21-16-7-3-5-12-4-1-2-6-15(12)16/h1-7,13-14H,8-11,18H2,(H,19,20)/t13-,14-. The zero-order valence-corrected chi connectivity index (χ0v) is 11.9. The third kappa shape index (κ3) is 3.00. The van der Waals surface area contributed by atoms with E-state index >= 15 is 0 Å². The fraction of sp³-hybridized carbons (Fsp3) is 0.353. The van der Waals surface area contributed by atoms with Gasteiger partial charge in [-0.3, -0.25) is 10.2 Å². The van der Waals surface area contributed by atoms with E-state index in [0.29, 0.717) is 0 Å². The van der Waals surface area contributed by atoms with Crippen LogP contribution in [0.1, 0.15) is 25.7 Å². The number of ether oxygens (including phenoxy) is 1. The average molecular weight is 284 g/mol. The van der Waals surface area contributed by atoms with Crippen molar-refractivity contribution < 1.29 is 9.53 Å². The largest absolute Gasteiger partial charge is 0.490 e. The summed E-state index contributed by atoms with van der Waals surface area (Å²) >= 11 is 0. The molecule has 0 bridgehead atoms. The first kappa shape index (κ1) is 13.9. The van der Waals surface area contributed by atoms with Crippen LogP contribution in [-0.2, 0) is 4.79 Å². The minimum Gasteiger partial charge on any atom is -0.490 e. The van der Waals surface area contributed by atoms with E-state index < -0.39 is 0 Å². The van der Waals surface area contributed by atoms with Crippen molar-refractivity contribution in [3.05, 3.63) is 42.5 Å². The van der Waals surface area contributed by atoms with Crippen molar-refractivity contribution in [2.45, 2.75) is 31.8 Å². The van der Waals surface area contributed by atoms with Gasteiger partial charge in [-0.1, -0.05) is 36.4 Å². The van der Waals surface area contributed by atoms with E-state index in [1.165, 1.54) is 5.39 Å². The number of amides is 1. The van der Waals surface area contributed by atoms with Gasteiger partial charge >= 0.3 is 0 Å². The summed E-state index contributed by atoms with van der Waals surface area (Å²) < 4.78 is 6.17. The fourth-order valence-corrected chi connectivity index (χ4v) is 3.04. The van der Waals surface area contributed by atoms with Gasteiger partial charge in [-0.05, 0) is 37.1 Å². The number of rotatable bonds is 3. The lowest BCUT2D eigenvalue weighted by Crippen LogP contribution is -2.38. The Morgan fingerprint density at radius 3 is 2.52 bits per heavy atom. The summed E-state index contributed by atoms with van der Waals surface area (Å²) in [7, 11) is 0. The number of fused-ring (bicyclic) bond motifs is 1. The second kappa shape index (κ2) is 6.14. The summed E-state index contributed by atoms with van der Waals surface area (Å²) in [4.78, 5) is 11.5. The van der Waals surface area contributed by atoms with Crippen molar-refractivity contribution in [3.63, 3.8) is 0 Å². The van der Waals surface area contributed by atoms with Crippen LogP contribution in [0.3, 0.4) is 0 Å². The number of benzene rings is 2. The van der Waals surface area contributed by atoms with E-state index in [4.69, 9.17) is 10.6 Å². The van der Waals surface area contributed by atoms with Crippen LogP contribution >= 0.6 is 0 Å². The van der Waals surface area contributed by atoms with Gasteiger partial charge in [-0.25, -0.2) is 5.84 Å². The molecule has 0 atom stereocenters. The molecule has 1 aliphatic carbocycles. The third-order valence-electron chi connectivity index (χ3n) is 4.23. The molecule has 0 radical (unpaired) electrons. The molecule has 2 aromatic rings. The van der Waals surface area contributed by atoms with Crippen molar-refractivity contribution in [1.82, 2.24) is 5.43 Å². The number of nitrogens with two attached hydrogens (primary N) is 1. The molecule has 1 saturated carbocycles. The molecular formula is C17H20N2O2. The molecule has 110 valence electrons. The average Bonchev–Trinajstić information content (AvgIpc) is 2.55. The van der Waals surface area contributed by atoms with E-state index in [1.54, 1.807) is 0 Å². The summed E-state index contributed by atoms with van der Waals surface area (Å²) in [5.74, 6) is 6.10. The number of hydrazine groups is 1. The van der Waals surface area contributed by atoms with E-state index in [1.807, 2.05) is 24.3 Å². The van der Waals surface area contributed by atoms with Crippen LogP contribution in [0, 0.1) is 5.92 Å². The van der Waals surface area contributed by atoms with Crippen molar-refractivity contribution in [2.24, 2.45) is 11.8 Å². The lowest BCUT2D eigenvalue weighted by atomic mass is 9.87. The van der Waals surface area contributed by atoms with Crippen molar-refractivity contribution >= 4 is 16.7 Å². The van der Waals surface area contributed by atoms with Crippen molar-refractivity contribution in [3.8, 4) is 5.75 Å². The van der Waals surface area contributed by atoms with E-state index in [-0.39, 0.29) is 17.9 Å². The molecule has 4 heteroatoms. The monoisotopic (exact) mass is 284 g/mol. The maximum atomic E-state index is 11.5. The van der Waals surface area contributed by atoms with Crippen LogP contribution in [0.5, 0.6) is 5.75 Å². The van der Waals surface area contributed by atoms with Gasteiger partial charge in [-0.2, -0.15) is 0 Å². The molecule has 0 saturated heterocycles. The van der Waals surface area contributed by atoms with Gasteiger partial charge in [0.05, 0.1) is 6.10 Å². The first-order valence-corrected chi connectivity index (χ1v) is 7.43. The number of nitrogens with one attached hydrogen (secondary N) is 1. The summed E-state index contributed by atoms with van der Waals surface area (Å²) in [6.45, 7) is 0. The molecule has 0 unspecified atom stereocenters. The molecule has 0 aliphatic heterocycles. The maximum absolute atomic E-state index is 11.5. The summed E-state index contributed by atoms with van der Waals surface area (Å²) in [6, 6.07) is 14.3. The van der Waals surface area contributed by atoms with Crippen LogP contribution in [0.25, 0.3) is 10.8 Å². The Bertz CT molecular complexity index is 628. The van der Waals surface area contributed by atoms with Crippen LogP contribution in [0.2, 0.25) is 0 Å². The topological polar surface area (TPSA) is 64.3 Å². The minimum atomic E-state index is -0.0568. The first-order valence-electron chi connectivity index (χ1n) is 7.43. The van der Waals surface area contributed by atoms with Gasteiger partial charge in [-0.15, -0.1) is 0 Å². The van der Waals surface area contributed by atoms with Crippen LogP contribution in [0.4, 0.5) is 0 Å². The number of carbonyl (C=O) groups is 1. The van der Waals surface area contributed by atoms with Crippen molar-refractivity contribution in [1.29, 1.82) is 0 Å². The smallest absolute Gasteiger partial charge is 0.236 e. The molecule has 21 heavy (non-hydrogen) atoms. The van der Waals surface area contributed by atoms with Gasteiger partial charge in [0.25, 0.3) is 0 Å². The number of carbonyl (C=O) groups excluding carboxylic acids is 1. The summed E-state index contributed by atoms with van der Waals surface area (Å²) in [5.41, 5.74) is 2.24. The molecule has 0 heterocycles. The lowest BCUT2D eigenvalue weighted by Gasteiger charge is -2.28. The Kier molecular flexibility index (Phi) is 4.06. The van der Waals surface area contributed by atoms with Crippen molar-refractivity contribution in [2.75, 3.05) is 0 Å². The molecule has 1 amide bonds. The summed E-state index contributed by atoms with van der Waals surface area (Å²) in [6.07, 6.45) is 3.62. The summed E-state index contributed by atoms with van der Waals surface area (Å²) in [5, 5.41) is 2.33. The Balaban J connectivity index is 1.69. The molecule has 1 aliphatic rings. The highest BCUT2D eigenvalue weighted by Crippen LogP contribution is 2.31. The SMILES string of the molecule is NNC(=O)[C@H]1CC[C@H](Oc2cccc3ccccc23)CC1. The van der Waals surface area contributed by atoms with Gasteiger partial charge in [0, 0.05) is 11.3 Å². The predicted molar refractivity (Wildman–Crippen MR) is 82.7 cm³/mol. The second-order valence-corrected chi connectivity index (χ2v) is 5.58. The number of hydrogen-bond donors (Lipinski definition) is 2. The zero-order valence-electron chi connectivity index (χ0n) is 11.9. The highest BCUT2D eigenvalue weighted by Gasteiger charge is 2.27. The quantitative estimate of drug-likeness (QED) is 0.517. The second-order valence-electron chi connectivity index (χ2n) is 5.58. The van der Waals surface area contributed by atoms with Gasteiger partial charge in [0.1, 0.15) is 5.75 Å². The number of hydrogen-bond acceptors (Lipinski definition) is 3. The minimum absolute atomic E-state index is 0.0300. The Morgan fingerprint density at radius 2 is 1.76 bits per heavy atom. The Hall–Kier alpha value is -2.07. The van der Waals surface area contributed by atoms with Crippen LogP contribution in [0.15, 0.2) is 42.5 Å². The van der Waals surface area contributed by atoms with Gasteiger partial charge in [0.15, 0.2) is 0 Å². The maximum Gasteiger partial charge on any atom is 0.236 e. The normalized spacial score (nSPS) is 22.0. The van der Waals surface area contributed by atoms with E-state index in [0.717, 1.165) is 36.8 Å².